The summed E-state index contributed by atoms with van der Waals surface area (Å²) in [7, 11) is 0. The van der Waals surface area contributed by atoms with Crippen LogP contribution in [0.3, 0.4) is 0 Å². The van der Waals surface area contributed by atoms with E-state index in [1.54, 1.807) is 20.0 Å². The largest absolute Gasteiger partial charge is 0.147 e. The van der Waals surface area contributed by atoms with E-state index in [1.807, 2.05) is 8.90 Å². The van der Waals surface area contributed by atoms with Crippen LogP contribution in [0.1, 0.15) is 60.8 Å². The zero-order valence-electron chi connectivity index (χ0n) is 14.5. The van der Waals surface area contributed by atoms with Crippen LogP contribution in [0.25, 0.3) is 5.57 Å². The first kappa shape index (κ1) is 20.1. The smallest absolute Gasteiger partial charge is 0.147 e. The Bertz CT molecular complexity index is 749. The summed E-state index contributed by atoms with van der Waals surface area (Å²) in [5.74, 6) is 0. The van der Waals surface area contributed by atoms with Crippen molar-refractivity contribution < 1.29 is 21.0 Å². The van der Waals surface area contributed by atoms with Gasteiger partial charge in [0.25, 0.3) is 0 Å². The number of hydrogen-bond donors (Lipinski definition) is 0. The molecule has 1 unspecified atom stereocenters. The fourth-order valence-corrected chi connectivity index (χ4v) is 16.9. The molecule has 0 spiro atoms. The fraction of sp³-hybridized carbons (Fsp3) is 0.381. The Morgan fingerprint density at radius 3 is 2.50 bits per heavy atom. The summed E-state index contributed by atoms with van der Waals surface area (Å²) in [4.78, 5) is 0. The summed E-state index contributed by atoms with van der Waals surface area (Å²) in [5.41, 5.74) is 6.88. The van der Waals surface area contributed by atoms with Gasteiger partial charge in [-0.15, -0.1) is 24.8 Å². The normalized spacial score (nSPS) is 20.6. The third kappa shape index (κ3) is 3.37. The molecule has 0 amide bonds. The van der Waals surface area contributed by atoms with Crippen molar-refractivity contribution in [3.63, 3.8) is 0 Å². The summed E-state index contributed by atoms with van der Waals surface area (Å²) in [6, 6.07) is 9.34. The van der Waals surface area contributed by atoms with Crippen molar-refractivity contribution in [2.45, 2.75) is 49.6 Å². The molecule has 0 N–H and O–H groups in total. The minimum Gasteiger partial charge on any atom is -0.147 e. The molecule has 1 aromatic rings. The first-order valence-electron chi connectivity index (χ1n) is 8.62. The molecule has 0 bridgehead atoms. The van der Waals surface area contributed by atoms with Gasteiger partial charge in [-0.25, -0.2) is 0 Å². The average Bonchev–Trinajstić information content (AvgIpc) is 3.16. The van der Waals surface area contributed by atoms with Crippen LogP contribution in [0.4, 0.5) is 0 Å². The number of halogens is 2. The quantitative estimate of drug-likeness (QED) is 0.381. The van der Waals surface area contributed by atoms with E-state index in [2.05, 4.69) is 56.3 Å². The zero-order chi connectivity index (χ0) is 15.1. The molecule has 0 saturated carbocycles. The van der Waals surface area contributed by atoms with E-state index in [0.29, 0.717) is 0 Å². The molecule has 1 atom stereocenters. The van der Waals surface area contributed by atoms with Gasteiger partial charge in [0.1, 0.15) is 0 Å². The Morgan fingerprint density at radius 2 is 1.79 bits per heavy atom. The van der Waals surface area contributed by atoms with Gasteiger partial charge >= 0.3 is 142 Å². The first-order valence-corrected chi connectivity index (χ1v) is 14.3. The molecule has 4 rings (SSSR count). The maximum Gasteiger partial charge on any atom is -0.147 e. The van der Waals surface area contributed by atoms with Crippen LogP contribution in [0, 0.1) is 0 Å². The molecule has 24 heavy (non-hydrogen) atoms. The summed E-state index contributed by atoms with van der Waals surface area (Å²) < 4.78 is 4.41. The Balaban J connectivity index is 0.00000104. The van der Waals surface area contributed by atoms with Crippen LogP contribution < -0.4 is 0 Å². The molecule has 0 radical (unpaired) electrons. The summed E-state index contributed by atoms with van der Waals surface area (Å²) in [6.07, 6.45) is 13.8. The molecule has 1 aromatic carbocycles. The molecule has 0 heterocycles. The third-order valence-corrected chi connectivity index (χ3v) is 17.5. The maximum absolute atomic E-state index is 2.46. The SMILES string of the molecule is C[C](C)=[Hf]([C]1=CC=CC1)[CH]1C2=C(CCCC2)c2ccccc21.Cl.Cl. The molecule has 3 heteroatoms. The summed E-state index contributed by atoms with van der Waals surface area (Å²) in [5, 5.41) is 0. The van der Waals surface area contributed by atoms with Crippen LogP contribution in [0.5, 0.6) is 0 Å². The van der Waals surface area contributed by atoms with Crippen LogP contribution in [0.15, 0.2) is 51.4 Å². The fourth-order valence-electron chi connectivity index (χ4n) is 4.54. The van der Waals surface area contributed by atoms with E-state index in [0.717, 1.165) is 3.67 Å². The van der Waals surface area contributed by atoms with Gasteiger partial charge < -0.3 is 0 Å². The van der Waals surface area contributed by atoms with Crippen LogP contribution >= 0.6 is 24.8 Å². The predicted molar refractivity (Wildman–Crippen MR) is 107 cm³/mol. The van der Waals surface area contributed by atoms with Crippen LogP contribution in [-0.4, -0.2) is 3.26 Å². The van der Waals surface area contributed by atoms with Gasteiger partial charge in [-0.05, 0) is 0 Å². The summed E-state index contributed by atoms with van der Waals surface area (Å²) >= 11 is -1.98. The third-order valence-electron chi connectivity index (χ3n) is 5.40. The van der Waals surface area contributed by atoms with Crippen molar-refractivity contribution >= 4 is 33.6 Å². The Hall–Kier alpha value is -0.240. The number of hydrogen-bond acceptors (Lipinski definition) is 0. The van der Waals surface area contributed by atoms with Crippen molar-refractivity contribution in [1.29, 1.82) is 0 Å². The second-order valence-corrected chi connectivity index (χ2v) is 17.9. The van der Waals surface area contributed by atoms with E-state index in [-0.39, 0.29) is 24.8 Å². The Labute approximate surface area is 165 Å². The first-order chi connectivity index (χ1) is 10.8. The monoisotopic (exact) mass is 528 g/mol. The van der Waals surface area contributed by atoms with Crippen molar-refractivity contribution in [2.24, 2.45) is 0 Å². The van der Waals surface area contributed by atoms with Gasteiger partial charge in [-0.1, -0.05) is 0 Å². The van der Waals surface area contributed by atoms with E-state index in [4.69, 9.17) is 0 Å². The predicted octanol–water partition coefficient (Wildman–Crippen LogP) is 6.59. The Morgan fingerprint density at radius 1 is 1.04 bits per heavy atom. The van der Waals surface area contributed by atoms with Gasteiger partial charge in [0, 0.05) is 0 Å². The number of allylic oxidation sites excluding steroid dienone is 6. The number of benzene rings is 1. The van der Waals surface area contributed by atoms with Gasteiger partial charge in [0.05, 0.1) is 0 Å². The molecular formula is C21H26Cl2Hf. The van der Waals surface area contributed by atoms with Gasteiger partial charge in [0.2, 0.25) is 0 Å². The van der Waals surface area contributed by atoms with Crippen molar-refractivity contribution in [3.05, 3.63) is 62.5 Å². The molecule has 0 saturated heterocycles. The van der Waals surface area contributed by atoms with Gasteiger partial charge in [-0.3, -0.25) is 0 Å². The topological polar surface area (TPSA) is 0 Å². The zero-order valence-corrected chi connectivity index (χ0v) is 19.7. The molecular weight excluding hydrogens is 502 g/mol. The van der Waals surface area contributed by atoms with Crippen molar-refractivity contribution in [3.8, 4) is 0 Å². The minimum absolute atomic E-state index is 0. The van der Waals surface area contributed by atoms with Crippen LogP contribution in [-0.2, 0) is 21.0 Å². The molecule has 3 aliphatic carbocycles. The van der Waals surface area contributed by atoms with Gasteiger partial charge in [0.15, 0.2) is 0 Å². The molecule has 3 aliphatic rings. The number of fused-ring (bicyclic) bond motifs is 2. The Kier molecular flexibility index (Phi) is 7.05. The van der Waals surface area contributed by atoms with Crippen molar-refractivity contribution in [1.82, 2.24) is 0 Å². The maximum atomic E-state index is 2.46. The molecule has 0 aromatic heterocycles. The van der Waals surface area contributed by atoms with E-state index in [9.17, 15) is 0 Å². The second kappa shape index (κ2) is 8.43. The molecule has 0 nitrogen and oxygen atoms in total. The van der Waals surface area contributed by atoms with E-state index < -0.39 is 21.0 Å². The summed E-state index contributed by atoms with van der Waals surface area (Å²) in [6.45, 7) is 4.84. The van der Waals surface area contributed by atoms with Crippen molar-refractivity contribution in [2.75, 3.05) is 0 Å². The molecule has 128 valence electrons. The second-order valence-electron chi connectivity index (χ2n) is 6.97. The molecule has 0 aliphatic heterocycles. The standard InChI is InChI=1S/C13H13.C5H5.C3H6.2ClH.Hf/c1-3-7-12-10(5-1)9-11-6-2-4-8-13(11)12;1-2-4-5-3-1;1-3-2;;;/h1,3,5,7,9H,2,4,6,8H2;1-3H,4H2;1-2H3;2*1H;. The minimum atomic E-state index is -1.98. The van der Waals surface area contributed by atoms with E-state index >= 15 is 0 Å². The molecule has 0 fully saturated rings. The van der Waals surface area contributed by atoms with Crippen LogP contribution in [0.2, 0.25) is 0 Å². The average molecular weight is 528 g/mol. The van der Waals surface area contributed by atoms with E-state index in [1.165, 1.54) is 32.1 Å². The van der Waals surface area contributed by atoms with Gasteiger partial charge in [-0.2, -0.15) is 0 Å². The number of rotatable bonds is 2.